The minimum absolute atomic E-state index is 0.0908. The molecule has 4 heterocycles. The Morgan fingerprint density at radius 2 is 2.17 bits per heavy atom. The van der Waals surface area contributed by atoms with Crippen LogP contribution in [0.25, 0.3) is 11.3 Å². The molecule has 0 aromatic carbocycles. The summed E-state index contributed by atoms with van der Waals surface area (Å²) in [6, 6.07) is 3.66. The number of anilines is 2. The topological polar surface area (TPSA) is 151 Å². The van der Waals surface area contributed by atoms with E-state index < -0.39 is 24.3 Å². The van der Waals surface area contributed by atoms with E-state index in [-0.39, 0.29) is 11.7 Å². The number of rotatable bonds is 6. The molecule has 3 N–H and O–H groups in total. The molecule has 4 aromatic rings. The first kappa shape index (κ1) is 23.3. The van der Waals surface area contributed by atoms with Crippen molar-refractivity contribution in [3.05, 3.63) is 48.1 Å². The number of nitrogens with zero attached hydrogens (tertiary/aromatic N) is 7. The fraction of sp³-hybridized carbons (Fsp3) is 0.391. The maximum absolute atomic E-state index is 15.1. The van der Waals surface area contributed by atoms with Gasteiger partial charge in [-0.25, -0.2) is 24.1 Å². The molecule has 1 aliphatic rings. The first-order chi connectivity index (χ1) is 17.3. The number of carbonyl (C=O) groups is 1. The van der Waals surface area contributed by atoms with Crippen LogP contribution in [0.5, 0.6) is 0 Å². The number of aromatic nitrogens is 7. The smallest absolute Gasteiger partial charge is 0.407 e. The molecule has 36 heavy (non-hydrogen) atoms. The summed E-state index contributed by atoms with van der Waals surface area (Å²) in [5, 5.41) is 22.2. The largest absolute Gasteiger partial charge is 0.443 e. The second-order valence-corrected chi connectivity index (χ2v) is 9.03. The minimum atomic E-state index is -1.36. The molecular formula is C23H25FN10O2. The molecule has 1 fully saturated rings. The Hall–Kier alpha value is -4.47. The molecule has 5 rings (SSSR count). The highest BCUT2D eigenvalue weighted by atomic mass is 19.1. The first-order valence-corrected chi connectivity index (χ1v) is 11.5. The quantitative estimate of drug-likeness (QED) is 0.371. The monoisotopic (exact) mass is 492 g/mol. The number of H-pyrrole nitrogens is 1. The van der Waals surface area contributed by atoms with Crippen LogP contribution in [-0.2, 0) is 4.74 Å². The lowest BCUT2D eigenvalue weighted by Gasteiger charge is -2.18. The lowest BCUT2D eigenvalue weighted by molar-refractivity contribution is 0.0555. The molecule has 0 unspecified atom stereocenters. The molecule has 13 heteroatoms. The van der Waals surface area contributed by atoms with Crippen molar-refractivity contribution in [2.24, 2.45) is 0 Å². The number of carbonyl (C=O) groups excluding carboxylic acids is 1. The van der Waals surface area contributed by atoms with E-state index in [1.165, 1.54) is 0 Å². The molecule has 0 aliphatic heterocycles. The Kier molecular flexibility index (Phi) is 6.01. The summed E-state index contributed by atoms with van der Waals surface area (Å²) in [6.07, 6.45) is 4.83. The Labute approximate surface area is 205 Å². The number of nitriles is 1. The van der Waals surface area contributed by atoms with Crippen molar-refractivity contribution in [2.45, 2.75) is 57.8 Å². The highest BCUT2D eigenvalue weighted by molar-refractivity contribution is 5.68. The molecule has 0 spiro atoms. The van der Waals surface area contributed by atoms with Crippen molar-refractivity contribution in [2.75, 3.05) is 5.32 Å². The maximum Gasteiger partial charge on any atom is 0.407 e. The van der Waals surface area contributed by atoms with Gasteiger partial charge in [-0.15, -0.1) is 0 Å². The molecule has 0 saturated heterocycles. The van der Waals surface area contributed by atoms with Crippen molar-refractivity contribution >= 4 is 23.5 Å². The summed E-state index contributed by atoms with van der Waals surface area (Å²) in [6.45, 7) is 5.49. The number of amides is 1. The third-order valence-corrected chi connectivity index (χ3v) is 5.98. The normalized spacial score (nSPS) is 19.5. The van der Waals surface area contributed by atoms with Crippen LogP contribution < -0.4 is 10.6 Å². The summed E-state index contributed by atoms with van der Waals surface area (Å²) in [5.74, 6) is 0.321. The molecule has 0 bridgehead atoms. The molecule has 4 aromatic heterocycles. The number of aromatic amines is 1. The van der Waals surface area contributed by atoms with Crippen molar-refractivity contribution in [1.29, 1.82) is 5.26 Å². The summed E-state index contributed by atoms with van der Waals surface area (Å²) in [4.78, 5) is 25.0. The Morgan fingerprint density at radius 1 is 1.33 bits per heavy atom. The van der Waals surface area contributed by atoms with Gasteiger partial charge < -0.3 is 19.9 Å². The number of ether oxygens (including phenoxy) is 1. The van der Waals surface area contributed by atoms with Crippen molar-refractivity contribution < 1.29 is 13.9 Å². The van der Waals surface area contributed by atoms with E-state index >= 15 is 4.39 Å². The number of alkyl carbamates (subject to hydrolysis) is 1. The average molecular weight is 493 g/mol. The van der Waals surface area contributed by atoms with E-state index in [9.17, 15) is 10.1 Å². The summed E-state index contributed by atoms with van der Waals surface area (Å²) >= 11 is 0. The number of halogens is 1. The Morgan fingerprint density at radius 3 is 2.89 bits per heavy atom. The number of fused-ring (bicyclic) bond motifs is 1. The van der Waals surface area contributed by atoms with Crippen LogP contribution in [-0.4, -0.2) is 58.5 Å². The number of imidazole rings is 2. The van der Waals surface area contributed by atoms with E-state index in [0.29, 0.717) is 41.6 Å². The first-order valence-electron chi connectivity index (χ1n) is 11.5. The number of hydrogen-bond donors (Lipinski definition) is 3. The van der Waals surface area contributed by atoms with Crippen LogP contribution >= 0.6 is 0 Å². The summed E-state index contributed by atoms with van der Waals surface area (Å²) in [7, 11) is 0. The minimum Gasteiger partial charge on any atom is -0.443 e. The second kappa shape index (κ2) is 9.29. The lowest BCUT2D eigenvalue weighted by atomic mass is 10.0. The molecule has 186 valence electrons. The second-order valence-electron chi connectivity index (χ2n) is 9.03. The van der Waals surface area contributed by atoms with E-state index in [2.05, 4.69) is 35.8 Å². The Balaban J connectivity index is 1.35. The molecule has 0 radical (unpaired) electrons. The number of aryl methyl sites for hydroxylation is 1. The van der Waals surface area contributed by atoms with Gasteiger partial charge in [0.05, 0.1) is 24.4 Å². The standard InChI is InChI=1S/C23H25FN10O2/c1-12(2)28-23(35)36-18-5-4-15(20(18)24)16-6-19(32-31-16)30-22-26-8-17(33-9-13(3)27-11-33)21-29-14(7-25)10-34(21)22/h6,8-12,15,18,20H,4-5H2,1-3H3,(H,28,35)(H2,26,30,31,32)/t15-,18-,20+/m0/s1. The zero-order chi connectivity index (χ0) is 25.4. The van der Waals surface area contributed by atoms with Crippen LogP contribution in [0, 0.1) is 18.3 Å². The van der Waals surface area contributed by atoms with Gasteiger partial charge in [0.15, 0.2) is 17.2 Å². The van der Waals surface area contributed by atoms with Gasteiger partial charge in [-0.05, 0) is 33.6 Å². The number of hydrogen-bond acceptors (Lipinski definition) is 8. The SMILES string of the molecule is Cc1cn(-c2cnc(Nc3cc([C@@H]4CC[C@H](OC(=O)NC(C)C)[C@@H]4F)[nH]n3)n3cc(C#N)nc23)cn1. The molecule has 1 amide bonds. The van der Waals surface area contributed by atoms with Gasteiger partial charge >= 0.3 is 6.09 Å². The number of nitrogens with one attached hydrogen (secondary N) is 3. The number of alkyl halides is 1. The highest BCUT2D eigenvalue weighted by Gasteiger charge is 2.41. The molecule has 1 aliphatic carbocycles. The van der Waals surface area contributed by atoms with Crippen LogP contribution in [0.4, 0.5) is 21.0 Å². The van der Waals surface area contributed by atoms with Gasteiger partial charge in [0.1, 0.15) is 24.0 Å². The predicted octanol–water partition coefficient (Wildman–Crippen LogP) is 3.28. The van der Waals surface area contributed by atoms with Crippen LogP contribution in [0.2, 0.25) is 0 Å². The average Bonchev–Trinajstić information content (AvgIpc) is 3.62. The maximum atomic E-state index is 15.1. The van der Waals surface area contributed by atoms with E-state index in [1.54, 1.807) is 33.8 Å². The fourth-order valence-corrected chi connectivity index (χ4v) is 4.33. The van der Waals surface area contributed by atoms with E-state index in [1.807, 2.05) is 33.0 Å². The van der Waals surface area contributed by atoms with Gasteiger partial charge in [-0.1, -0.05) is 0 Å². The van der Waals surface area contributed by atoms with E-state index in [4.69, 9.17) is 4.74 Å². The van der Waals surface area contributed by atoms with Gasteiger partial charge in [0.2, 0.25) is 5.95 Å². The summed E-state index contributed by atoms with van der Waals surface area (Å²) in [5.41, 5.74) is 2.81. The van der Waals surface area contributed by atoms with Crippen LogP contribution in [0.1, 0.15) is 49.7 Å². The Bertz CT molecular complexity index is 1450. The van der Waals surface area contributed by atoms with Crippen LogP contribution in [0.3, 0.4) is 0 Å². The molecule has 1 saturated carbocycles. The molecule has 3 atom stereocenters. The zero-order valence-corrected chi connectivity index (χ0v) is 19.9. The van der Waals surface area contributed by atoms with Crippen molar-refractivity contribution in [3.8, 4) is 11.8 Å². The summed E-state index contributed by atoms with van der Waals surface area (Å²) < 4.78 is 23.8. The molecular weight excluding hydrogens is 467 g/mol. The molecule has 12 nitrogen and oxygen atoms in total. The van der Waals surface area contributed by atoms with Crippen LogP contribution in [0.15, 0.2) is 31.0 Å². The van der Waals surface area contributed by atoms with Gasteiger partial charge in [-0.3, -0.25) is 9.50 Å². The third-order valence-electron chi connectivity index (χ3n) is 5.98. The van der Waals surface area contributed by atoms with Crippen molar-refractivity contribution in [1.82, 2.24) is 39.4 Å². The van der Waals surface area contributed by atoms with E-state index in [0.717, 1.165) is 5.69 Å². The predicted molar refractivity (Wildman–Crippen MR) is 127 cm³/mol. The van der Waals surface area contributed by atoms with Gasteiger partial charge in [0, 0.05) is 29.9 Å². The third kappa shape index (κ3) is 4.45. The lowest BCUT2D eigenvalue weighted by Crippen LogP contribution is -2.36. The van der Waals surface area contributed by atoms with Gasteiger partial charge in [0.25, 0.3) is 0 Å². The highest BCUT2D eigenvalue weighted by Crippen LogP contribution is 2.38. The van der Waals surface area contributed by atoms with Gasteiger partial charge in [-0.2, -0.15) is 10.4 Å². The zero-order valence-electron chi connectivity index (χ0n) is 19.9. The van der Waals surface area contributed by atoms with Crippen molar-refractivity contribution in [3.63, 3.8) is 0 Å². The fourth-order valence-electron chi connectivity index (χ4n) is 4.33.